The summed E-state index contributed by atoms with van der Waals surface area (Å²) in [7, 11) is 8.29. The van der Waals surface area contributed by atoms with Crippen molar-refractivity contribution in [2.45, 2.75) is 129 Å². The molecule has 3 N–H and O–H groups in total. The lowest BCUT2D eigenvalue weighted by molar-refractivity contribution is -0.148. The average molecular weight is 948 g/mol. The molecule has 0 saturated carbocycles. The first kappa shape index (κ1) is 54.7. The number of amides is 5. The number of hydrogen-bond donors (Lipinski definition) is 3. The summed E-state index contributed by atoms with van der Waals surface area (Å²) in [6, 6.07) is 14.8. The minimum atomic E-state index is -1.04. The van der Waals surface area contributed by atoms with E-state index in [1.54, 1.807) is 44.5 Å². The molecule has 1 aliphatic rings. The van der Waals surface area contributed by atoms with Crippen molar-refractivity contribution in [2.24, 2.45) is 23.7 Å². The van der Waals surface area contributed by atoms with Crippen molar-refractivity contribution in [1.29, 1.82) is 0 Å². The molecule has 5 amide bonds. The van der Waals surface area contributed by atoms with E-state index in [9.17, 15) is 29.1 Å². The Hall–Kier alpha value is -4.90. The van der Waals surface area contributed by atoms with E-state index in [2.05, 4.69) is 15.6 Å². The first-order chi connectivity index (χ1) is 31.8. The SMILES string of the molecule is CCC(C)C(C(CC(=O)N1CCC[C@H]1C(OC)C(C)C(=O)NC(Cc1ccccc1)c1nccs1)OC)N(C)C(=O)C(NC(=O)C(C(C)C)N(C)CCc1ccc(N(C)C(=O)O)cc1)C(C)C. The molecule has 15 nitrogen and oxygen atoms in total. The largest absolute Gasteiger partial charge is 0.465 e. The first-order valence-electron chi connectivity index (χ1n) is 23.8. The molecule has 2 aromatic carbocycles. The summed E-state index contributed by atoms with van der Waals surface area (Å²) >= 11 is 1.50. The van der Waals surface area contributed by atoms with Gasteiger partial charge in [-0.15, -0.1) is 11.3 Å². The van der Waals surface area contributed by atoms with E-state index in [0.717, 1.165) is 27.5 Å². The lowest BCUT2D eigenvalue weighted by Crippen LogP contribution is -2.60. The van der Waals surface area contributed by atoms with Crippen LogP contribution in [0.1, 0.15) is 96.3 Å². The Kier molecular flexibility index (Phi) is 21.2. The lowest BCUT2D eigenvalue weighted by Gasteiger charge is -2.41. The third kappa shape index (κ3) is 14.6. The standard InChI is InChI=1S/C51H77N7O8S/c1-13-34(6)45(57(10)50(62)43(32(2)3)54-48(61)44(33(4)5)55(8)28-25-36-21-23-38(24-22-36)56(9)51(63)64)41(65-11)31-42(59)58-27-17-20-40(58)46(66-12)35(7)47(60)53-39(49-52-26-29-67-49)30-37-18-15-14-16-19-37/h14-16,18-19,21-24,26,29,32-35,39-41,43-46H,13,17,20,25,27-28,30-31H2,1-12H3,(H,53,60)(H,54,61)(H,63,64)/t34?,35?,39?,40-,41?,43?,44?,45?,46?/m0/s1. The minimum absolute atomic E-state index is 0.0117. The van der Waals surface area contributed by atoms with E-state index in [1.165, 1.54) is 18.4 Å². The zero-order valence-electron chi connectivity index (χ0n) is 41.8. The number of hydrogen-bond acceptors (Lipinski definition) is 10. The van der Waals surface area contributed by atoms with Crippen molar-refractivity contribution in [3.8, 4) is 0 Å². The highest BCUT2D eigenvalue weighted by Gasteiger charge is 2.43. The van der Waals surface area contributed by atoms with Crippen LogP contribution in [0.25, 0.3) is 0 Å². The van der Waals surface area contributed by atoms with E-state index in [1.807, 2.05) is 113 Å². The highest BCUT2D eigenvalue weighted by Crippen LogP contribution is 2.31. The summed E-state index contributed by atoms with van der Waals surface area (Å²) in [5, 5.41) is 18.4. The van der Waals surface area contributed by atoms with Gasteiger partial charge in [0.1, 0.15) is 11.0 Å². The highest BCUT2D eigenvalue weighted by atomic mass is 32.1. The maximum absolute atomic E-state index is 14.7. The maximum atomic E-state index is 14.7. The van der Waals surface area contributed by atoms with Gasteiger partial charge in [0.2, 0.25) is 23.6 Å². The van der Waals surface area contributed by atoms with Crippen LogP contribution >= 0.6 is 11.3 Å². The fourth-order valence-electron chi connectivity index (χ4n) is 9.49. The van der Waals surface area contributed by atoms with Gasteiger partial charge in [0.25, 0.3) is 0 Å². The molecule has 1 fully saturated rings. The van der Waals surface area contributed by atoms with Crippen molar-refractivity contribution in [1.82, 2.24) is 30.3 Å². The second kappa shape index (κ2) is 26.0. The van der Waals surface area contributed by atoms with Gasteiger partial charge in [-0.3, -0.25) is 29.0 Å². The van der Waals surface area contributed by atoms with Crippen molar-refractivity contribution in [3.63, 3.8) is 0 Å². The predicted octanol–water partition coefficient (Wildman–Crippen LogP) is 6.92. The van der Waals surface area contributed by atoms with Crippen molar-refractivity contribution >= 4 is 46.7 Å². The highest BCUT2D eigenvalue weighted by molar-refractivity contribution is 7.09. The number of aromatic nitrogens is 1. The van der Waals surface area contributed by atoms with Crippen LogP contribution in [-0.2, 0) is 41.5 Å². The molecule has 1 saturated heterocycles. The molecule has 2 heterocycles. The van der Waals surface area contributed by atoms with Crippen LogP contribution < -0.4 is 15.5 Å². The number of thiazole rings is 1. The van der Waals surface area contributed by atoms with E-state index >= 15 is 0 Å². The molecule has 1 aliphatic heterocycles. The summed E-state index contributed by atoms with van der Waals surface area (Å²) < 4.78 is 12.2. The van der Waals surface area contributed by atoms with Gasteiger partial charge in [-0.1, -0.05) is 97.4 Å². The van der Waals surface area contributed by atoms with Gasteiger partial charge in [0, 0.05) is 58.7 Å². The second-order valence-electron chi connectivity index (χ2n) is 18.9. The number of nitrogens with one attached hydrogen (secondary N) is 2. The Morgan fingerprint density at radius 1 is 0.881 bits per heavy atom. The molecule has 0 aliphatic carbocycles. The second-order valence-corrected chi connectivity index (χ2v) is 19.8. The van der Waals surface area contributed by atoms with Crippen LogP contribution in [0, 0.1) is 23.7 Å². The van der Waals surface area contributed by atoms with E-state index in [0.29, 0.717) is 44.5 Å². The number of carbonyl (C=O) groups is 5. The minimum Gasteiger partial charge on any atom is -0.465 e. The molecular formula is C51H77N7O8S. The van der Waals surface area contributed by atoms with Crippen molar-refractivity contribution < 1.29 is 38.6 Å². The van der Waals surface area contributed by atoms with Crippen LogP contribution in [0.3, 0.4) is 0 Å². The van der Waals surface area contributed by atoms with Gasteiger partial charge < -0.3 is 35.0 Å². The van der Waals surface area contributed by atoms with Gasteiger partial charge in [-0.25, -0.2) is 9.78 Å². The molecule has 1 aromatic heterocycles. The Balaban J connectivity index is 1.46. The Morgan fingerprint density at radius 2 is 1.55 bits per heavy atom. The Bertz CT molecular complexity index is 2020. The van der Waals surface area contributed by atoms with Crippen molar-refractivity contribution in [3.05, 3.63) is 82.3 Å². The predicted molar refractivity (Wildman–Crippen MR) is 264 cm³/mol. The van der Waals surface area contributed by atoms with Gasteiger partial charge in [0.05, 0.1) is 48.7 Å². The third-order valence-electron chi connectivity index (χ3n) is 13.6. The van der Waals surface area contributed by atoms with Gasteiger partial charge in [-0.2, -0.15) is 0 Å². The zero-order valence-corrected chi connectivity index (χ0v) is 42.6. The number of methoxy groups -OCH3 is 2. The van der Waals surface area contributed by atoms with E-state index in [4.69, 9.17) is 9.47 Å². The topological polar surface area (TPSA) is 174 Å². The molecule has 8 unspecified atom stereocenters. The summed E-state index contributed by atoms with van der Waals surface area (Å²) in [5.41, 5.74) is 2.65. The monoisotopic (exact) mass is 948 g/mol. The number of carbonyl (C=O) groups excluding carboxylic acids is 4. The molecule has 67 heavy (non-hydrogen) atoms. The molecule has 4 rings (SSSR count). The summed E-state index contributed by atoms with van der Waals surface area (Å²) in [6.45, 7) is 14.8. The van der Waals surface area contributed by atoms with Crippen LogP contribution in [0.15, 0.2) is 66.2 Å². The molecule has 0 bridgehead atoms. The molecule has 9 atom stereocenters. The van der Waals surface area contributed by atoms with Crippen LogP contribution in [0.2, 0.25) is 0 Å². The summed E-state index contributed by atoms with van der Waals surface area (Å²) in [6.07, 6.45) is 2.84. The molecule has 16 heteroatoms. The normalized spacial score (nSPS) is 17.6. The number of anilines is 1. The molecule has 3 aromatic rings. The molecule has 0 spiro atoms. The number of likely N-dealkylation sites (N-methyl/N-ethyl adjacent to an activating group) is 2. The zero-order chi connectivity index (χ0) is 49.5. The molecular weight excluding hydrogens is 871 g/mol. The fourth-order valence-corrected chi connectivity index (χ4v) is 10.2. The molecule has 0 radical (unpaired) electrons. The van der Waals surface area contributed by atoms with E-state index in [-0.39, 0.29) is 59.9 Å². The van der Waals surface area contributed by atoms with Crippen LogP contribution in [-0.4, -0.2) is 139 Å². The smallest absolute Gasteiger partial charge is 0.411 e. The third-order valence-corrected chi connectivity index (χ3v) is 14.5. The van der Waals surface area contributed by atoms with Gasteiger partial charge in [-0.05, 0) is 73.7 Å². The summed E-state index contributed by atoms with van der Waals surface area (Å²) in [5.74, 6) is -1.78. The average Bonchev–Trinajstić information content (AvgIpc) is 4.03. The van der Waals surface area contributed by atoms with E-state index < -0.39 is 42.3 Å². The fraction of sp³-hybridized carbons (Fsp3) is 0.608. The maximum Gasteiger partial charge on any atom is 0.411 e. The van der Waals surface area contributed by atoms with Gasteiger partial charge in [0.15, 0.2) is 0 Å². The number of likely N-dealkylation sites (tertiary alicyclic amines) is 1. The van der Waals surface area contributed by atoms with Crippen LogP contribution in [0.5, 0.6) is 0 Å². The number of ether oxygens (including phenoxy) is 2. The number of rotatable bonds is 25. The number of carboxylic acid groups (broad SMARTS) is 1. The Morgan fingerprint density at radius 3 is 2.10 bits per heavy atom. The summed E-state index contributed by atoms with van der Waals surface area (Å²) in [4.78, 5) is 79.9. The quantitative estimate of drug-likeness (QED) is 0.0810. The molecule has 370 valence electrons. The van der Waals surface area contributed by atoms with Gasteiger partial charge >= 0.3 is 6.09 Å². The number of benzene rings is 2. The first-order valence-corrected chi connectivity index (χ1v) is 24.6. The van der Waals surface area contributed by atoms with Crippen molar-refractivity contribution in [2.75, 3.05) is 53.4 Å². The Labute approximate surface area is 403 Å². The number of nitrogens with zero attached hydrogens (tertiary/aromatic N) is 5. The lowest BCUT2D eigenvalue weighted by atomic mass is 9.89. The van der Waals surface area contributed by atoms with Crippen LogP contribution in [0.4, 0.5) is 10.5 Å².